The predicted octanol–water partition coefficient (Wildman–Crippen LogP) is -0.0620. The number of aliphatic carboxylic acids is 1. The van der Waals surface area contributed by atoms with E-state index in [1.165, 1.54) is 11.8 Å². The lowest BCUT2D eigenvalue weighted by atomic mass is 9.79. The summed E-state index contributed by atoms with van der Waals surface area (Å²) < 4.78 is 8.46. The van der Waals surface area contributed by atoms with Crippen molar-refractivity contribution >= 4 is 35.6 Å². The monoisotopic (exact) mass is 369 g/mol. The molecule has 2 fully saturated rings. The average molecular weight is 369 g/mol. The van der Waals surface area contributed by atoms with Crippen LogP contribution in [0.1, 0.15) is 13.8 Å². The van der Waals surface area contributed by atoms with E-state index in [1.807, 2.05) is 0 Å². The Balaban J connectivity index is 2.13. The van der Waals surface area contributed by atoms with Crippen LogP contribution >= 0.6 is 11.8 Å². The lowest BCUT2D eigenvalue weighted by Crippen LogP contribution is -2.73. The summed E-state index contributed by atoms with van der Waals surface area (Å²) >= 11 is 1.18. The summed E-state index contributed by atoms with van der Waals surface area (Å²) in [7, 11) is 2.20. The highest BCUT2D eigenvalue weighted by atomic mass is 32.2. The fourth-order valence-corrected chi connectivity index (χ4v) is 5.05. The van der Waals surface area contributed by atoms with Crippen molar-refractivity contribution in [2.24, 2.45) is 10.2 Å². The van der Waals surface area contributed by atoms with Crippen LogP contribution in [-0.4, -0.2) is 69.7 Å². The molecule has 0 aliphatic carbocycles. The van der Waals surface area contributed by atoms with Crippen LogP contribution in [0.4, 0.5) is 0 Å². The highest BCUT2D eigenvalue weighted by Gasteiger charge is 2.76. The molecule has 3 aliphatic heterocycles. The molecule has 10 nitrogen and oxygen atoms in total. The van der Waals surface area contributed by atoms with E-state index < -0.39 is 51.2 Å². The Morgan fingerprint density at radius 1 is 1.20 bits per heavy atom. The zero-order chi connectivity index (χ0) is 18.7. The van der Waals surface area contributed by atoms with Crippen molar-refractivity contribution < 1.29 is 33.8 Å². The van der Waals surface area contributed by atoms with Crippen LogP contribution in [0.2, 0.25) is 0 Å². The van der Waals surface area contributed by atoms with E-state index in [0.717, 1.165) is 19.1 Å². The lowest BCUT2D eigenvalue weighted by Gasteiger charge is -2.48. The van der Waals surface area contributed by atoms with Gasteiger partial charge in [-0.15, -0.1) is 16.9 Å². The number of carboxylic acid groups (broad SMARTS) is 1. The largest absolute Gasteiger partial charge is 0.480 e. The van der Waals surface area contributed by atoms with Gasteiger partial charge in [0.2, 0.25) is 5.54 Å². The summed E-state index contributed by atoms with van der Waals surface area (Å²) in [5.74, 6) is -3.72. The maximum Gasteiger partial charge on any atom is 0.359 e. The second kappa shape index (κ2) is 5.28. The number of hydrogen-bond acceptors (Lipinski definition) is 9. The number of methoxy groups -OCH3 is 2. The van der Waals surface area contributed by atoms with Gasteiger partial charge in [-0.3, -0.25) is 4.79 Å². The Morgan fingerprint density at radius 2 is 1.80 bits per heavy atom. The van der Waals surface area contributed by atoms with Gasteiger partial charge in [-0.2, -0.15) is 5.11 Å². The SMILES string of the molecule is COC(=O)C1=C(C(=O)OC)C2(N=N1)C(=O)N1[C@@H](C(=O)O)C(C)(C)S[C@@H]12. The third-order valence-corrected chi connectivity index (χ3v) is 6.07. The van der Waals surface area contributed by atoms with Gasteiger partial charge in [0.15, 0.2) is 5.70 Å². The maximum absolute atomic E-state index is 12.9. The molecular formula is C14H15N3O7S. The van der Waals surface area contributed by atoms with E-state index in [-0.39, 0.29) is 5.57 Å². The highest BCUT2D eigenvalue weighted by Crippen LogP contribution is 2.60. The van der Waals surface area contributed by atoms with Crippen molar-refractivity contribution in [3.8, 4) is 0 Å². The summed E-state index contributed by atoms with van der Waals surface area (Å²) in [4.78, 5) is 49.8. The number of nitrogens with zero attached hydrogens (tertiary/aromatic N) is 3. The topological polar surface area (TPSA) is 135 Å². The van der Waals surface area contributed by atoms with Crippen LogP contribution in [0.25, 0.3) is 0 Å². The number of rotatable bonds is 3. The van der Waals surface area contributed by atoms with Crippen LogP contribution in [0.15, 0.2) is 21.5 Å². The van der Waals surface area contributed by atoms with Crippen molar-refractivity contribution in [1.82, 2.24) is 4.90 Å². The highest BCUT2D eigenvalue weighted by molar-refractivity contribution is 8.01. The first-order valence-electron chi connectivity index (χ1n) is 7.21. The Hall–Kier alpha value is -2.43. The molecule has 0 radical (unpaired) electrons. The van der Waals surface area contributed by atoms with Crippen molar-refractivity contribution in [3.05, 3.63) is 11.3 Å². The van der Waals surface area contributed by atoms with Gasteiger partial charge in [-0.1, -0.05) is 0 Å². The van der Waals surface area contributed by atoms with Crippen LogP contribution in [0, 0.1) is 0 Å². The third-order valence-electron chi connectivity index (χ3n) is 4.45. The minimum Gasteiger partial charge on any atom is -0.480 e. The summed E-state index contributed by atoms with van der Waals surface area (Å²) in [6.45, 7) is 3.37. The molecule has 134 valence electrons. The number of carbonyl (C=O) groups is 4. The second-order valence-corrected chi connectivity index (χ2v) is 7.93. The van der Waals surface area contributed by atoms with E-state index >= 15 is 0 Å². The van der Waals surface area contributed by atoms with E-state index in [4.69, 9.17) is 4.74 Å². The second-order valence-electron chi connectivity index (χ2n) is 6.20. The molecule has 1 N–H and O–H groups in total. The first-order valence-corrected chi connectivity index (χ1v) is 8.09. The van der Waals surface area contributed by atoms with Crippen LogP contribution in [0.5, 0.6) is 0 Å². The minimum absolute atomic E-state index is 0.317. The van der Waals surface area contributed by atoms with Crippen molar-refractivity contribution in [3.63, 3.8) is 0 Å². The van der Waals surface area contributed by atoms with E-state index in [0.29, 0.717) is 0 Å². The standard InChI is InChI=1S/C14H15N3O7S/c1-13(2)7(8(18)19)17-11(22)14(12(17)25-13)5(9(20)23-3)6(15-16-14)10(21)24-4/h7,12H,1-4H3,(H,18,19)/t7-,12+,14?/m0/s1. The van der Waals surface area contributed by atoms with Gasteiger partial charge in [0.25, 0.3) is 5.91 Å². The smallest absolute Gasteiger partial charge is 0.359 e. The minimum atomic E-state index is -1.76. The molecule has 3 atom stereocenters. The average Bonchev–Trinajstić information content (AvgIpc) is 3.08. The van der Waals surface area contributed by atoms with Crippen molar-refractivity contribution in [1.29, 1.82) is 0 Å². The number of carbonyl (C=O) groups excluding carboxylic acids is 3. The number of carboxylic acids is 1. The van der Waals surface area contributed by atoms with Crippen molar-refractivity contribution in [2.75, 3.05) is 14.2 Å². The van der Waals surface area contributed by atoms with Crippen molar-refractivity contribution in [2.45, 2.75) is 35.5 Å². The fourth-order valence-electron chi connectivity index (χ4n) is 3.37. The zero-order valence-corrected chi connectivity index (χ0v) is 14.6. The summed E-state index contributed by atoms with van der Waals surface area (Å²) in [6.07, 6.45) is 0. The van der Waals surface area contributed by atoms with Gasteiger partial charge in [0, 0.05) is 4.75 Å². The fraction of sp³-hybridized carbons (Fsp3) is 0.571. The molecule has 2 saturated heterocycles. The lowest BCUT2D eigenvalue weighted by molar-refractivity contribution is -0.164. The molecule has 0 aromatic heterocycles. The molecule has 0 aromatic rings. The molecule has 11 heteroatoms. The van der Waals surface area contributed by atoms with Gasteiger partial charge in [-0.25, -0.2) is 14.4 Å². The molecule has 1 amide bonds. The van der Waals surface area contributed by atoms with Crippen LogP contribution in [-0.2, 0) is 28.7 Å². The van der Waals surface area contributed by atoms with Gasteiger partial charge in [0.1, 0.15) is 17.0 Å². The molecule has 0 aromatic carbocycles. The van der Waals surface area contributed by atoms with Gasteiger partial charge in [0.05, 0.1) is 14.2 Å². The van der Waals surface area contributed by atoms with E-state index in [9.17, 15) is 24.3 Å². The number of esters is 2. The van der Waals surface area contributed by atoms with Crippen LogP contribution < -0.4 is 0 Å². The normalized spacial score (nSPS) is 31.8. The molecule has 0 bridgehead atoms. The van der Waals surface area contributed by atoms with E-state index in [1.54, 1.807) is 13.8 Å². The first kappa shape index (κ1) is 17.4. The summed E-state index contributed by atoms with van der Waals surface area (Å²) in [5, 5.41) is 16.3. The van der Waals surface area contributed by atoms with Gasteiger partial charge in [-0.05, 0) is 13.8 Å². The number of β-lactam (4-membered cyclic amide) rings is 1. The number of azo groups is 1. The summed E-state index contributed by atoms with van der Waals surface area (Å²) in [6, 6.07) is -1.09. The van der Waals surface area contributed by atoms with Crippen LogP contribution in [0.3, 0.4) is 0 Å². The number of hydrogen-bond donors (Lipinski definition) is 1. The maximum atomic E-state index is 12.9. The van der Waals surface area contributed by atoms with Gasteiger partial charge >= 0.3 is 17.9 Å². The van der Waals surface area contributed by atoms with E-state index in [2.05, 4.69) is 15.0 Å². The third kappa shape index (κ3) is 1.98. The zero-order valence-electron chi connectivity index (χ0n) is 13.8. The number of thioether (sulfide) groups is 1. The Labute approximate surface area is 146 Å². The Bertz CT molecular complexity index is 774. The molecule has 3 rings (SSSR count). The predicted molar refractivity (Wildman–Crippen MR) is 82.4 cm³/mol. The Morgan fingerprint density at radius 3 is 2.32 bits per heavy atom. The molecule has 25 heavy (non-hydrogen) atoms. The van der Waals surface area contributed by atoms with Gasteiger partial charge < -0.3 is 19.5 Å². The molecule has 0 saturated carbocycles. The summed E-state index contributed by atoms with van der Waals surface area (Å²) in [5.41, 5.74) is -2.48. The molecule has 3 aliphatic rings. The first-order chi connectivity index (χ1) is 11.6. The number of fused-ring (bicyclic) bond motifs is 2. The Kier molecular flexibility index (Phi) is 3.67. The number of ether oxygens (including phenoxy) is 2. The molecule has 1 unspecified atom stereocenters. The quantitative estimate of drug-likeness (QED) is 0.540. The molecular weight excluding hydrogens is 354 g/mol. The number of amides is 1. The molecule has 3 heterocycles. The molecule has 1 spiro atoms.